The van der Waals surface area contributed by atoms with E-state index >= 15 is 0 Å². The summed E-state index contributed by atoms with van der Waals surface area (Å²) in [5, 5.41) is 0. The molecule has 0 N–H and O–H groups in total. The van der Waals surface area contributed by atoms with Crippen molar-refractivity contribution >= 4 is 17.7 Å². The number of likely N-dealkylation sites (tertiary alicyclic amines) is 1. The lowest BCUT2D eigenvalue weighted by molar-refractivity contribution is -0.151. The van der Waals surface area contributed by atoms with Crippen LogP contribution in [-0.4, -0.2) is 60.3 Å². The van der Waals surface area contributed by atoms with Crippen LogP contribution in [-0.2, 0) is 20.9 Å². The second kappa shape index (κ2) is 9.29. The first-order valence-electron chi connectivity index (χ1n) is 11.5. The molecule has 2 aliphatic heterocycles. The Hall–Kier alpha value is -3.29. The summed E-state index contributed by atoms with van der Waals surface area (Å²) in [5.41, 5.74) is 2.05. The highest BCUT2D eigenvalue weighted by molar-refractivity contribution is 5.73. The van der Waals surface area contributed by atoms with Gasteiger partial charge in [-0.1, -0.05) is 30.3 Å². The van der Waals surface area contributed by atoms with Gasteiger partial charge in [0, 0.05) is 43.1 Å². The Kier molecular flexibility index (Phi) is 6.07. The average molecular weight is 452 g/mol. The zero-order valence-corrected chi connectivity index (χ0v) is 18.8. The average Bonchev–Trinajstić information content (AvgIpc) is 3.09. The van der Waals surface area contributed by atoms with Crippen molar-refractivity contribution in [2.45, 2.75) is 50.5 Å². The van der Waals surface area contributed by atoms with Gasteiger partial charge in [0.25, 0.3) is 0 Å². The minimum absolute atomic E-state index is 0.00944. The highest BCUT2D eigenvalue weighted by Gasteiger charge is 2.42. The summed E-state index contributed by atoms with van der Waals surface area (Å²) in [7, 11) is 1.42. The lowest BCUT2D eigenvalue weighted by Gasteiger charge is -2.42. The minimum atomic E-state index is -0.251. The molecule has 2 bridgehead atoms. The molecule has 5 rings (SSSR count). The number of fused-ring (bicyclic) bond motifs is 2. The van der Waals surface area contributed by atoms with Crippen LogP contribution < -0.4 is 9.64 Å². The number of carbonyl (C=O) groups is 2. The molecule has 2 saturated heterocycles. The normalized spacial score (nSPS) is 25.8. The predicted molar refractivity (Wildman–Crippen MR) is 121 cm³/mol. The monoisotopic (exact) mass is 451 g/mol. The summed E-state index contributed by atoms with van der Waals surface area (Å²) in [6, 6.07) is 14.2. The van der Waals surface area contributed by atoms with Crippen LogP contribution in [0.5, 0.6) is 5.88 Å². The van der Waals surface area contributed by atoms with Gasteiger partial charge in [-0.2, -0.15) is 0 Å². The molecule has 2 unspecified atom stereocenters. The summed E-state index contributed by atoms with van der Waals surface area (Å²) >= 11 is 0. The molecule has 1 aliphatic carbocycles. The lowest BCUT2D eigenvalue weighted by Crippen LogP contribution is -2.55. The highest BCUT2D eigenvalue weighted by Crippen LogP contribution is 2.37. The fourth-order valence-corrected chi connectivity index (χ4v) is 5.10. The Labute approximate surface area is 193 Å². The highest BCUT2D eigenvalue weighted by atomic mass is 16.6. The first-order valence-corrected chi connectivity index (χ1v) is 11.5. The van der Waals surface area contributed by atoms with Crippen molar-refractivity contribution in [3.8, 4) is 5.88 Å². The summed E-state index contributed by atoms with van der Waals surface area (Å²) in [4.78, 5) is 32.8. The summed E-state index contributed by atoms with van der Waals surface area (Å²) in [5.74, 6) is 0.326. The van der Waals surface area contributed by atoms with E-state index in [4.69, 9.17) is 14.2 Å². The molecular formula is C25H29N3O5. The summed E-state index contributed by atoms with van der Waals surface area (Å²) in [6.07, 6.45) is 4.90. The van der Waals surface area contributed by atoms with Gasteiger partial charge >= 0.3 is 12.1 Å². The van der Waals surface area contributed by atoms with Gasteiger partial charge in [0.05, 0.1) is 13.0 Å². The molecule has 2 atom stereocenters. The van der Waals surface area contributed by atoms with Crippen molar-refractivity contribution in [3.05, 3.63) is 54.2 Å². The quantitative estimate of drug-likeness (QED) is 0.623. The van der Waals surface area contributed by atoms with Gasteiger partial charge in [-0.25, -0.2) is 9.78 Å². The molecule has 1 aromatic carbocycles. The van der Waals surface area contributed by atoms with Crippen molar-refractivity contribution in [1.29, 1.82) is 0 Å². The first kappa shape index (κ1) is 21.6. The van der Waals surface area contributed by atoms with Crippen LogP contribution in [0.1, 0.15) is 31.2 Å². The Morgan fingerprint density at radius 2 is 1.79 bits per heavy atom. The fourth-order valence-electron chi connectivity index (χ4n) is 5.10. The van der Waals surface area contributed by atoms with Crippen molar-refractivity contribution in [1.82, 2.24) is 9.88 Å². The maximum absolute atomic E-state index is 12.7. The number of nitrogens with zero attached hydrogens (tertiary/aromatic N) is 3. The topological polar surface area (TPSA) is 81.2 Å². The Morgan fingerprint density at radius 1 is 1.06 bits per heavy atom. The van der Waals surface area contributed by atoms with E-state index in [1.165, 1.54) is 7.11 Å². The van der Waals surface area contributed by atoms with E-state index in [0.29, 0.717) is 31.8 Å². The molecule has 1 amide bonds. The van der Waals surface area contributed by atoms with Crippen LogP contribution in [0.2, 0.25) is 0 Å². The Morgan fingerprint density at radius 3 is 2.48 bits per heavy atom. The number of aromatic nitrogens is 1. The second-order valence-electron chi connectivity index (χ2n) is 9.02. The number of rotatable bonds is 6. The molecule has 1 saturated carbocycles. The number of hydrogen-bond donors (Lipinski definition) is 0. The molecule has 8 nitrogen and oxygen atoms in total. The number of esters is 1. The third kappa shape index (κ3) is 4.60. The molecule has 0 radical (unpaired) electrons. The molecule has 8 heteroatoms. The van der Waals surface area contributed by atoms with Crippen LogP contribution in [0.15, 0.2) is 48.7 Å². The molecular weight excluding hydrogens is 422 g/mol. The lowest BCUT2D eigenvalue weighted by atomic mass is 9.82. The van der Waals surface area contributed by atoms with E-state index in [9.17, 15) is 9.59 Å². The molecule has 3 fully saturated rings. The zero-order valence-electron chi connectivity index (χ0n) is 18.8. The number of carbonyl (C=O) groups excluding carboxylic acids is 2. The van der Waals surface area contributed by atoms with E-state index in [1.54, 1.807) is 6.20 Å². The van der Waals surface area contributed by atoms with Gasteiger partial charge in [0.15, 0.2) is 0 Å². The molecule has 174 valence electrons. The van der Waals surface area contributed by atoms with E-state index in [2.05, 4.69) is 9.88 Å². The third-order valence-electron chi connectivity index (χ3n) is 6.88. The largest absolute Gasteiger partial charge is 0.474 e. The zero-order chi connectivity index (χ0) is 22.8. The molecule has 33 heavy (non-hydrogen) atoms. The van der Waals surface area contributed by atoms with Crippen LogP contribution >= 0.6 is 0 Å². The van der Waals surface area contributed by atoms with Gasteiger partial charge in [-0.05, 0) is 37.3 Å². The smallest absolute Gasteiger partial charge is 0.410 e. The number of amides is 1. The van der Waals surface area contributed by atoms with Crippen LogP contribution in [0, 0.1) is 5.92 Å². The van der Waals surface area contributed by atoms with Crippen molar-refractivity contribution in [2.75, 3.05) is 25.1 Å². The van der Waals surface area contributed by atoms with Gasteiger partial charge in [0.2, 0.25) is 5.88 Å². The molecule has 0 spiro atoms. The van der Waals surface area contributed by atoms with Crippen LogP contribution in [0.3, 0.4) is 0 Å². The van der Waals surface area contributed by atoms with Gasteiger partial charge < -0.3 is 24.0 Å². The first-order chi connectivity index (χ1) is 16.1. The van der Waals surface area contributed by atoms with Crippen molar-refractivity contribution < 1.29 is 23.8 Å². The second-order valence-corrected chi connectivity index (χ2v) is 9.02. The number of ether oxygens (including phenoxy) is 3. The number of hydrogen-bond acceptors (Lipinski definition) is 7. The van der Waals surface area contributed by atoms with Crippen LogP contribution in [0.4, 0.5) is 10.5 Å². The van der Waals surface area contributed by atoms with Crippen molar-refractivity contribution in [3.63, 3.8) is 0 Å². The Bertz CT molecular complexity index is 981. The number of methoxy groups -OCH3 is 1. The van der Waals surface area contributed by atoms with Crippen molar-refractivity contribution in [2.24, 2.45) is 5.92 Å². The van der Waals surface area contributed by atoms with Gasteiger partial charge in [0.1, 0.15) is 12.7 Å². The van der Waals surface area contributed by atoms with E-state index in [-0.39, 0.29) is 42.8 Å². The van der Waals surface area contributed by atoms with Gasteiger partial charge in [-0.15, -0.1) is 0 Å². The molecule has 3 aliphatic rings. The minimum Gasteiger partial charge on any atom is -0.474 e. The summed E-state index contributed by atoms with van der Waals surface area (Å²) in [6.45, 7) is 1.58. The van der Waals surface area contributed by atoms with E-state index in [0.717, 1.165) is 24.1 Å². The molecule has 1 aromatic heterocycles. The Balaban J connectivity index is 1.17. The summed E-state index contributed by atoms with van der Waals surface area (Å²) < 4.78 is 16.3. The number of benzene rings is 1. The van der Waals surface area contributed by atoms with E-state index in [1.807, 2.05) is 47.4 Å². The maximum Gasteiger partial charge on any atom is 0.410 e. The fraction of sp³-hybridized carbons (Fsp3) is 0.480. The molecule has 3 heterocycles. The number of pyridine rings is 1. The third-order valence-corrected chi connectivity index (χ3v) is 6.88. The molecule has 2 aromatic rings. The number of anilines is 1. The van der Waals surface area contributed by atoms with E-state index < -0.39 is 0 Å². The van der Waals surface area contributed by atoms with Gasteiger partial charge in [-0.3, -0.25) is 4.79 Å². The maximum atomic E-state index is 12.7. The predicted octanol–water partition coefficient (Wildman–Crippen LogP) is 3.40. The van der Waals surface area contributed by atoms with Crippen LogP contribution in [0.25, 0.3) is 0 Å². The number of piperazine rings is 1. The SMILES string of the molecule is COC(=O)C1CC(Oc2cc(N3C4CCC3CN(C(=O)OCc3ccccc3)C4)ccn2)C1. The standard InChI is InChI=1S/C25H29N3O5/c1-31-24(29)18-11-22(12-18)33-23-13-19(9-10-26-23)28-20-7-8-21(28)15-27(14-20)25(30)32-16-17-5-3-2-4-6-17/h2-6,9-10,13,18,20-22H,7-8,11-12,14-16H2,1H3.